The predicted octanol–water partition coefficient (Wildman–Crippen LogP) is 2.02. The van der Waals surface area contributed by atoms with Gasteiger partial charge in [0.25, 0.3) is 0 Å². The summed E-state index contributed by atoms with van der Waals surface area (Å²) in [5.41, 5.74) is 0. The largest absolute Gasteiger partial charge is 0.465 e. The smallest absolute Gasteiger partial charge is 0.309 e. The highest BCUT2D eigenvalue weighted by Crippen LogP contribution is 2.02. The van der Waals surface area contributed by atoms with Crippen LogP contribution in [0.3, 0.4) is 0 Å². The molecule has 1 radical (unpaired) electrons. The van der Waals surface area contributed by atoms with E-state index in [1.54, 1.807) is 6.92 Å². The van der Waals surface area contributed by atoms with E-state index in [4.69, 9.17) is 17.4 Å². The summed E-state index contributed by atoms with van der Waals surface area (Å²) in [4.78, 5) is 11.0. The SMILES string of the molecule is CC(C)COC(=O)C(C)C[S]. The summed E-state index contributed by atoms with van der Waals surface area (Å²) in [6.07, 6.45) is 0. The highest BCUT2D eigenvalue weighted by atomic mass is 32.1. The molecule has 0 fully saturated rings. The predicted molar refractivity (Wildman–Crippen MR) is 47.4 cm³/mol. The maximum absolute atomic E-state index is 11.0. The molecule has 0 aromatic rings. The number of hydrogen-bond acceptors (Lipinski definition) is 2. The van der Waals surface area contributed by atoms with Crippen molar-refractivity contribution in [1.82, 2.24) is 0 Å². The van der Waals surface area contributed by atoms with Gasteiger partial charge >= 0.3 is 5.97 Å². The van der Waals surface area contributed by atoms with Crippen molar-refractivity contribution >= 4 is 18.6 Å². The van der Waals surface area contributed by atoms with Gasteiger partial charge in [-0.1, -0.05) is 33.4 Å². The van der Waals surface area contributed by atoms with Gasteiger partial charge in [0, 0.05) is 5.75 Å². The van der Waals surface area contributed by atoms with Gasteiger partial charge in [0.2, 0.25) is 0 Å². The molecule has 0 aliphatic carbocycles. The molecule has 0 bridgehead atoms. The third-order valence-corrected chi connectivity index (χ3v) is 1.71. The van der Waals surface area contributed by atoms with Crippen LogP contribution in [0.1, 0.15) is 20.8 Å². The summed E-state index contributed by atoms with van der Waals surface area (Å²) in [5.74, 6) is 0.533. The Morgan fingerprint density at radius 1 is 1.45 bits per heavy atom. The molecular formula is C8H15O2S. The molecule has 0 saturated carbocycles. The first kappa shape index (κ1) is 10.8. The highest BCUT2D eigenvalue weighted by molar-refractivity contribution is 7.80. The van der Waals surface area contributed by atoms with Gasteiger partial charge in [0.1, 0.15) is 0 Å². The lowest BCUT2D eigenvalue weighted by Gasteiger charge is -2.09. The second-order valence-corrected chi connectivity index (χ2v) is 3.42. The van der Waals surface area contributed by atoms with Crippen LogP contribution in [-0.2, 0) is 9.53 Å². The van der Waals surface area contributed by atoms with E-state index in [-0.39, 0.29) is 11.9 Å². The summed E-state index contributed by atoms with van der Waals surface area (Å²) < 4.78 is 4.95. The number of carbonyl (C=O) groups is 1. The zero-order valence-corrected chi connectivity index (χ0v) is 8.11. The van der Waals surface area contributed by atoms with E-state index in [2.05, 4.69) is 0 Å². The molecule has 0 heterocycles. The minimum Gasteiger partial charge on any atom is -0.465 e. The molecule has 11 heavy (non-hydrogen) atoms. The summed E-state index contributed by atoms with van der Waals surface area (Å²) in [6.45, 7) is 6.30. The summed E-state index contributed by atoms with van der Waals surface area (Å²) in [6, 6.07) is 0. The van der Waals surface area contributed by atoms with E-state index < -0.39 is 0 Å². The third kappa shape index (κ3) is 5.13. The van der Waals surface area contributed by atoms with Gasteiger partial charge in [-0.05, 0) is 5.92 Å². The first-order chi connectivity index (χ1) is 5.07. The van der Waals surface area contributed by atoms with Gasteiger partial charge in [-0.15, -0.1) is 0 Å². The number of ether oxygens (including phenoxy) is 1. The Balaban J connectivity index is 3.52. The van der Waals surface area contributed by atoms with E-state index in [1.165, 1.54) is 0 Å². The van der Waals surface area contributed by atoms with Crippen LogP contribution in [0, 0.1) is 11.8 Å². The Kier molecular flexibility index (Phi) is 5.38. The van der Waals surface area contributed by atoms with Gasteiger partial charge in [0.05, 0.1) is 12.5 Å². The van der Waals surface area contributed by atoms with E-state index in [1.807, 2.05) is 13.8 Å². The Labute approximate surface area is 73.7 Å². The fraction of sp³-hybridized carbons (Fsp3) is 0.875. The summed E-state index contributed by atoms with van der Waals surface area (Å²) in [5, 5.41) is 0. The van der Waals surface area contributed by atoms with Crippen LogP contribution >= 0.6 is 12.6 Å². The van der Waals surface area contributed by atoms with Crippen LogP contribution in [0.15, 0.2) is 0 Å². The van der Waals surface area contributed by atoms with Crippen molar-refractivity contribution < 1.29 is 9.53 Å². The third-order valence-electron chi connectivity index (χ3n) is 1.21. The van der Waals surface area contributed by atoms with Gasteiger partial charge < -0.3 is 4.74 Å². The van der Waals surface area contributed by atoms with E-state index in [0.717, 1.165) is 0 Å². The quantitative estimate of drug-likeness (QED) is 0.611. The van der Waals surface area contributed by atoms with E-state index in [9.17, 15) is 4.79 Å². The lowest BCUT2D eigenvalue weighted by molar-refractivity contribution is -0.148. The van der Waals surface area contributed by atoms with Gasteiger partial charge in [-0.3, -0.25) is 4.79 Å². The van der Waals surface area contributed by atoms with Crippen molar-refractivity contribution in [3.63, 3.8) is 0 Å². The molecule has 0 aromatic heterocycles. The van der Waals surface area contributed by atoms with Crippen LogP contribution < -0.4 is 0 Å². The van der Waals surface area contributed by atoms with Gasteiger partial charge in [-0.2, -0.15) is 0 Å². The van der Waals surface area contributed by atoms with E-state index >= 15 is 0 Å². The molecule has 65 valence electrons. The molecule has 0 aromatic carbocycles. The molecule has 3 heteroatoms. The first-order valence-corrected chi connectivity index (χ1v) is 4.40. The maximum atomic E-state index is 11.0. The Morgan fingerprint density at radius 2 is 2.00 bits per heavy atom. The van der Waals surface area contributed by atoms with Gasteiger partial charge in [-0.25, -0.2) is 0 Å². The van der Waals surface area contributed by atoms with E-state index in [0.29, 0.717) is 18.3 Å². The lowest BCUT2D eigenvalue weighted by Crippen LogP contribution is -2.18. The number of rotatable bonds is 4. The highest BCUT2D eigenvalue weighted by Gasteiger charge is 2.12. The Bertz CT molecular complexity index is 123. The Hall–Kier alpha value is -0.180. The van der Waals surface area contributed by atoms with Crippen molar-refractivity contribution in [3.05, 3.63) is 0 Å². The number of esters is 1. The van der Waals surface area contributed by atoms with Crippen LogP contribution in [0.25, 0.3) is 0 Å². The van der Waals surface area contributed by atoms with Crippen molar-refractivity contribution in [3.8, 4) is 0 Å². The average Bonchev–Trinajstić information content (AvgIpc) is 1.98. The second kappa shape index (κ2) is 5.47. The molecular weight excluding hydrogens is 160 g/mol. The van der Waals surface area contributed by atoms with Crippen molar-refractivity contribution in [2.24, 2.45) is 11.8 Å². The van der Waals surface area contributed by atoms with Gasteiger partial charge in [0.15, 0.2) is 0 Å². The van der Waals surface area contributed by atoms with Crippen LogP contribution in [0.2, 0.25) is 0 Å². The average molecular weight is 175 g/mol. The molecule has 0 spiro atoms. The number of hydrogen-bond donors (Lipinski definition) is 0. The molecule has 0 amide bonds. The Morgan fingerprint density at radius 3 is 2.36 bits per heavy atom. The fourth-order valence-corrected chi connectivity index (χ4v) is 0.595. The van der Waals surface area contributed by atoms with Crippen molar-refractivity contribution in [1.29, 1.82) is 0 Å². The van der Waals surface area contributed by atoms with Crippen molar-refractivity contribution in [2.75, 3.05) is 12.4 Å². The summed E-state index contributed by atoms with van der Waals surface area (Å²) in [7, 11) is 0. The van der Waals surface area contributed by atoms with Crippen LogP contribution in [0.4, 0.5) is 0 Å². The molecule has 2 nitrogen and oxygen atoms in total. The fourth-order valence-electron chi connectivity index (χ4n) is 0.459. The molecule has 1 unspecified atom stereocenters. The topological polar surface area (TPSA) is 26.3 Å². The monoisotopic (exact) mass is 175 g/mol. The molecule has 0 aliphatic heterocycles. The minimum atomic E-state index is -0.172. The first-order valence-electron chi connectivity index (χ1n) is 3.82. The molecule has 0 aliphatic rings. The molecule has 0 rings (SSSR count). The lowest BCUT2D eigenvalue weighted by atomic mass is 10.2. The zero-order chi connectivity index (χ0) is 8.85. The normalized spacial score (nSPS) is 13.2. The molecule has 1 atom stereocenters. The van der Waals surface area contributed by atoms with Crippen LogP contribution in [0.5, 0.6) is 0 Å². The standard InChI is InChI=1S/C8H15O2S/c1-6(2)4-10-8(9)7(3)5-11/h6-7H,4-5H2,1-3H3. The molecule has 0 N–H and O–H groups in total. The second-order valence-electron chi connectivity index (χ2n) is 3.09. The summed E-state index contributed by atoms with van der Waals surface area (Å²) >= 11 is 4.73. The molecule has 0 saturated heterocycles. The zero-order valence-electron chi connectivity index (χ0n) is 7.29. The van der Waals surface area contributed by atoms with Crippen LogP contribution in [-0.4, -0.2) is 18.3 Å². The minimum absolute atomic E-state index is 0.135. The maximum Gasteiger partial charge on any atom is 0.309 e. The van der Waals surface area contributed by atoms with Crippen molar-refractivity contribution in [2.45, 2.75) is 20.8 Å². The number of carbonyl (C=O) groups excluding carboxylic acids is 1.